The van der Waals surface area contributed by atoms with E-state index in [4.69, 9.17) is 4.74 Å². The maximum absolute atomic E-state index is 9.91. The predicted molar refractivity (Wildman–Crippen MR) is 84.3 cm³/mol. The molecule has 0 fully saturated rings. The minimum Gasteiger partial charge on any atom is -0.491 e. The highest BCUT2D eigenvalue weighted by atomic mass is 16.5. The van der Waals surface area contributed by atoms with Crippen LogP contribution in [0.4, 0.5) is 0 Å². The molecule has 0 heterocycles. The number of nitrogens with one attached hydrogen (secondary N) is 1. The monoisotopic (exact) mass is 279 g/mol. The normalized spacial score (nSPS) is 12.7. The number of aliphatic hydroxyl groups excluding tert-OH is 1. The van der Waals surface area contributed by atoms with E-state index < -0.39 is 6.10 Å². The van der Waals surface area contributed by atoms with Gasteiger partial charge in [-0.25, -0.2) is 0 Å². The van der Waals surface area contributed by atoms with Crippen LogP contribution >= 0.6 is 0 Å². The molecule has 0 aliphatic rings. The third-order valence-electron chi connectivity index (χ3n) is 3.72. The number of rotatable bonds is 10. The Morgan fingerprint density at radius 2 is 1.90 bits per heavy atom. The molecule has 0 saturated heterocycles. The third-order valence-corrected chi connectivity index (χ3v) is 3.72. The van der Waals surface area contributed by atoms with Gasteiger partial charge in [0.2, 0.25) is 0 Å². The van der Waals surface area contributed by atoms with Gasteiger partial charge in [-0.15, -0.1) is 0 Å². The van der Waals surface area contributed by atoms with Gasteiger partial charge in [-0.2, -0.15) is 0 Å². The van der Waals surface area contributed by atoms with Gasteiger partial charge in [0.25, 0.3) is 0 Å². The van der Waals surface area contributed by atoms with Crippen molar-refractivity contribution in [3.05, 3.63) is 29.8 Å². The average Bonchev–Trinajstić information content (AvgIpc) is 2.49. The largest absolute Gasteiger partial charge is 0.491 e. The van der Waals surface area contributed by atoms with Crippen molar-refractivity contribution in [2.75, 3.05) is 19.7 Å². The molecule has 1 aromatic rings. The summed E-state index contributed by atoms with van der Waals surface area (Å²) in [5.41, 5.74) is 1.25. The lowest BCUT2D eigenvalue weighted by atomic mass is 10.0. The molecule has 114 valence electrons. The minimum absolute atomic E-state index is 0.336. The minimum atomic E-state index is -0.463. The Bertz CT molecular complexity index is 364. The van der Waals surface area contributed by atoms with Crippen LogP contribution < -0.4 is 10.1 Å². The van der Waals surface area contributed by atoms with E-state index >= 15 is 0 Å². The molecular formula is C17H29NO2. The van der Waals surface area contributed by atoms with Crippen LogP contribution in [0.25, 0.3) is 0 Å². The molecule has 0 spiro atoms. The molecule has 1 aromatic carbocycles. The fourth-order valence-electron chi connectivity index (χ4n) is 2.14. The Morgan fingerprint density at radius 3 is 2.55 bits per heavy atom. The van der Waals surface area contributed by atoms with E-state index in [9.17, 15) is 5.11 Å². The zero-order valence-corrected chi connectivity index (χ0v) is 13.1. The molecule has 0 aromatic heterocycles. The summed E-state index contributed by atoms with van der Waals surface area (Å²) in [7, 11) is 0. The summed E-state index contributed by atoms with van der Waals surface area (Å²) in [6.07, 6.45) is 2.89. The van der Waals surface area contributed by atoms with Crippen molar-refractivity contribution < 1.29 is 9.84 Å². The standard InChI is InChI=1S/C17H29NO2/c1-4-14(5-2)11-18-12-16(19)13-20-17-9-7-8-15(6-3)10-17/h7-10,14,16,18-19H,4-6,11-13H2,1-3H3. The highest BCUT2D eigenvalue weighted by molar-refractivity contribution is 5.28. The number of ether oxygens (including phenoxy) is 1. The Kier molecular flexibility index (Phi) is 8.31. The Labute approximate surface area is 123 Å². The van der Waals surface area contributed by atoms with Gasteiger partial charge in [-0.3, -0.25) is 0 Å². The van der Waals surface area contributed by atoms with Gasteiger partial charge in [0.15, 0.2) is 0 Å². The van der Waals surface area contributed by atoms with Gasteiger partial charge in [-0.05, 0) is 36.6 Å². The Hall–Kier alpha value is -1.06. The summed E-state index contributed by atoms with van der Waals surface area (Å²) in [5.74, 6) is 1.53. The lowest BCUT2D eigenvalue weighted by Crippen LogP contribution is -2.34. The molecule has 0 aliphatic carbocycles. The first-order valence-electron chi connectivity index (χ1n) is 7.80. The summed E-state index contributed by atoms with van der Waals surface area (Å²) >= 11 is 0. The van der Waals surface area contributed by atoms with Crippen LogP contribution in [-0.2, 0) is 6.42 Å². The molecule has 0 saturated carbocycles. The summed E-state index contributed by atoms with van der Waals surface area (Å²) in [6.45, 7) is 8.42. The molecule has 1 rings (SSSR count). The zero-order chi connectivity index (χ0) is 14.8. The topological polar surface area (TPSA) is 41.5 Å². The Morgan fingerprint density at radius 1 is 1.15 bits per heavy atom. The fraction of sp³-hybridized carbons (Fsp3) is 0.647. The number of aryl methyl sites for hydroxylation is 1. The molecule has 0 radical (unpaired) electrons. The summed E-state index contributed by atoms with van der Waals surface area (Å²) in [5, 5.41) is 13.2. The number of hydrogen-bond acceptors (Lipinski definition) is 3. The van der Waals surface area contributed by atoms with Crippen molar-refractivity contribution >= 4 is 0 Å². The molecule has 0 amide bonds. The highest BCUT2D eigenvalue weighted by Gasteiger charge is 2.07. The second kappa shape index (κ2) is 9.78. The van der Waals surface area contributed by atoms with Gasteiger partial charge in [0.05, 0.1) is 0 Å². The fourth-order valence-corrected chi connectivity index (χ4v) is 2.14. The Balaban J connectivity index is 2.23. The lowest BCUT2D eigenvalue weighted by molar-refractivity contribution is 0.105. The van der Waals surface area contributed by atoms with Crippen LogP contribution in [0.15, 0.2) is 24.3 Å². The molecule has 20 heavy (non-hydrogen) atoms. The smallest absolute Gasteiger partial charge is 0.119 e. The van der Waals surface area contributed by atoms with E-state index in [2.05, 4.69) is 32.2 Å². The van der Waals surface area contributed by atoms with Crippen molar-refractivity contribution in [2.24, 2.45) is 5.92 Å². The van der Waals surface area contributed by atoms with Crippen LogP contribution in [0.2, 0.25) is 0 Å². The van der Waals surface area contributed by atoms with Crippen molar-refractivity contribution in [1.29, 1.82) is 0 Å². The molecule has 2 N–H and O–H groups in total. The first kappa shape index (κ1) is 17.0. The number of benzene rings is 1. The predicted octanol–water partition coefficient (Wildman–Crippen LogP) is 3.01. The van der Waals surface area contributed by atoms with E-state index in [-0.39, 0.29) is 0 Å². The number of hydrogen-bond donors (Lipinski definition) is 2. The summed E-state index contributed by atoms with van der Waals surface area (Å²) in [6, 6.07) is 8.04. The van der Waals surface area contributed by atoms with Crippen molar-refractivity contribution in [2.45, 2.75) is 46.1 Å². The molecule has 1 atom stereocenters. The average molecular weight is 279 g/mol. The van der Waals surface area contributed by atoms with Gasteiger partial charge in [0, 0.05) is 6.54 Å². The zero-order valence-electron chi connectivity index (χ0n) is 13.1. The lowest BCUT2D eigenvalue weighted by Gasteiger charge is -2.16. The first-order chi connectivity index (χ1) is 9.69. The first-order valence-corrected chi connectivity index (χ1v) is 7.80. The third kappa shape index (κ3) is 6.40. The molecule has 3 heteroatoms. The quantitative estimate of drug-likeness (QED) is 0.692. The maximum atomic E-state index is 9.91. The second-order valence-electron chi connectivity index (χ2n) is 5.31. The summed E-state index contributed by atoms with van der Waals surface area (Å²) < 4.78 is 5.63. The van der Waals surface area contributed by atoms with Crippen LogP contribution in [0.3, 0.4) is 0 Å². The van der Waals surface area contributed by atoms with Crippen molar-refractivity contribution in [1.82, 2.24) is 5.32 Å². The van der Waals surface area contributed by atoms with Gasteiger partial charge in [0.1, 0.15) is 18.5 Å². The van der Waals surface area contributed by atoms with Gasteiger partial charge < -0.3 is 15.2 Å². The molecule has 0 bridgehead atoms. The van der Waals surface area contributed by atoms with Crippen LogP contribution in [0.1, 0.15) is 39.2 Å². The molecular weight excluding hydrogens is 250 g/mol. The highest BCUT2D eigenvalue weighted by Crippen LogP contribution is 2.13. The maximum Gasteiger partial charge on any atom is 0.119 e. The number of aliphatic hydroxyl groups is 1. The van der Waals surface area contributed by atoms with Crippen molar-refractivity contribution in [3.8, 4) is 5.75 Å². The molecule has 1 unspecified atom stereocenters. The van der Waals surface area contributed by atoms with E-state index in [1.807, 2.05) is 18.2 Å². The van der Waals surface area contributed by atoms with Gasteiger partial charge >= 0.3 is 0 Å². The van der Waals surface area contributed by atoms with Crippen LogP contribution in [0.5, 0.6) is 5.75 Å². The second-order valence-corrected chi connectivity index (χ2v) is 5.31. The summed E-state index contributed by atoms with van der Waals surface area (Å²) in [4.78, 5) is 0. The van der Waals surface area contributed by atoms with E-state index in [0.717, 1.165) is 18.7 Å². The molecule has 0 aliphatic heterocycles. The van der Waals surface area contributed by atoms with Gasteiger partial charge in [-0.1, -0.05) is 45.7 Å². The SMILES string of the molecule is CCc1cccc(OCC(O)CNCC(CC)CC)c1. The van der Waals surface area contributed by atoms with E-state index in [1.165, 1.54) is 18.4 Å². The van der Waals surface area contributed by atoms with Crippen LogP contribution in [0, 0.1) is 5.92 Å². The molecule has 3 nitrogen and oxygen atoms in total. The van der Waals surface area contributed by atoms with Crippen molar-refractivity contribution in [3.63, 3.8) is 0 Å². The van der Waals surface area contributed by atoms with E-state index in [0.29, 0.717) is 19.1 Å². The van der Waals surface area contributed by atoms with Crippen LogP contribution in [-0.4, -0.2) is 30.9 Å². The van der Waals surface area contributed by atoms with E-state index in [1.54, 1.807) is 0 Å².